The molecule has 0 aliphatic heterocycles. The molecule has 0 radical (unpaired) electrons. The fraction of sp³-hybridized carbons (Fsp3) is 0.647. The molecule has 1 aromatic rings. The summed E-state index contributed by atoms with van der Waals surface area (Å²) in [4.78, 5) is 0. The van der Waals surface area contributed by atoms with Gasteiger partial charge in [-0.1, -0.05) is 46.8 Å². The van der Waals surface area contributed by atoms with Crippen molar-refractivity contribution in [3.05, 3.63) is 28.8 Å². The van der Waals surface area contributed by atoms with Gasteiger partial charge in [-0.05, 0) is 53.2 Å². The summed E-state index contributed by atoms with van der Waals surface area (Å²) < 4.78 is 0. The van der Waals surface area contributed by atoms with E-state index in [1.165, 1.54) is 17.5 Å². The summed E-state index contributed by atoms with van der Waals surface area (Å²) >= 11 is 0. The Kier molecular flexibility index (Phi) is 3.44. The lowest BCUT2D eigenvalue weighted by Crippen LogP contribution is -2.16. The van der Waals surface area contributed by atoms with Gasteiger partial charge in [0.05, 0.1) is 0 Å². The number of phenolic OH excluding ortho intramolecular Hbond substituents is 1. The van der Waals surface area contributed by atoms with Gasteiger partial charge in [-0.3, -0.25) is 0 Å². The van der Waals surface area contributed by atoms with Crippen LogP contribution in [0.4, 0.5) is 0 Å². The van der Waals surface area contributed by atoms with E-state index in [1.807, 2.05) is 0 Å². The standard InChI is InChI=1S/C17H26O/c1-6-12-9-13(17(4,5)7-2)10-15(16(12)18)14-8-11(14)3/h9-11,14,18H,6-8H2,1-5H3. The first-order valence-electron chi connectivity index (χ1n) is 7.27. The van der Waals surface area contributed by atoms with Gasteiger partial charge in [0.25, 0.3) is 0 Å². The number of aryl methyl sites for hydroxylation is 1. The molecule has 2 unspecified atom stereocenters. The van der Waals surface area contributed by atoms with Gasteiger partial charge in [-0.2, -0.15) is 0 Å². The Morgan fingerprint density at radius 1 is 1.28 bits per heavy atom. The SMILES string of the molecule is CCc1cc(C(C)(C)CC)cc(C2CC2C)c1O. The first-order valence-corrected chi connectivity index (χ1v) is 7.27. The van der Waals surface area contributed by atoms with Gasteiger partial charge < -0.3 is 5.11 Å². The van der Waals surface area contributed by atoms with Crippen LogP contribution in [0.1, 0.15) is 70.1 Å². The van der Waals surface area contributed by atoms with Crippen molar-refractivity contribution in [3.8, 4) is 5.75 Å². The van der Waals surface area contributed by atoms with E-state index >= 15 is 0 Å². The topological polar surface area (TPSA) is 20.2 Å². The lowest BCUT2D eigenvalue weighted by Gasteiger charge is -2.25. The molecule has 2 atom stereocenters. The van der Waals surface area contributed by atoms with Gasteiger partial charge in [0.1, 0.15) is 5.75 Å². The van der Waals surface area contributed by atoms with E-state index in [2.05, 4.69) is 46.8 Å². The number of phenols is 1. The predicted octanol–water partition coefficient (Wildman–Crippen LogP) is 4.77. The van der Waals surface area contributed by atoms with Crippen LogP contribution in [-0.4, -0.2) is 5.11 Å². The molecule has 1 aliphatic rings. The Morgan fingerprint density at radius 2 is 1.89 bits per heavy atom. The van der Waals surface area contributed by atoms with Gasteiger partial charge in [0.15, 0.2) is 0 Å². The highest BCUT2D eigenvalue weighted by Crippen LogP contribution is 2.51. The predicted molar refractivity (Wildman–Crippen MR) is 77.3 cm³/mol. The second-order valence-corrected chi connectivity index (χ2v) is 6.48. The van der Waals surface area contributed by atoms with E-state index in [9.17, 15) is 5.11 Å². The molecule has 1 N–H and O–H groups in total. The molecule has 0 aromatic heterocycles. The number of hydrogen-bond acceptors (Lipinski definition) is 1. The quantitative estimate of drug-likeness (QED) is 0.811. The van der Waals surface area contributed by atoms with E-state index in [4.69, 9.17) is 0 Å². The van der Waals surface area contributed by atoms with Crippen molar-refractivity contribution in [2.24, 2.45) is 5.92 Å². The van der Waals surface area contributed by atoms with Crippen LogP contribution >= 0.6 is 0 Å². The maximum absolute atomic E-state index is 10.4. The zero-order chi connectivity index (χ0) is 13.5. The van der Waals surface area contributed by atoms with E-state index in [0.717, 1.165) is 24.3 Å². The normalized spacial score (nSPS) is 23.2. The fourth-order valence-electron chi connectivity index (χ4n) is 2.62. The number of rotatable bonds is 4. The molecule has 1 fully saturated rings. The third-order valence-corrected chi connectivity index (χ3v) is 4.77. The van der Waals surface area contributed by atoms with Gasteiger partial charge in [0.2, 0.25) is 0 Å². The van der Waals surface area contributed by atoms with Gasteiger partial charge in [0, 0.05) is 0 Å². The molecule has 1 heteroatoms. The Bertz CT molecular complexity index is 445. The summed E-state index contributed by atoms with van der Waals surface area (Å²) in [6.07, 6.45) is 3.26. The summed E-state index contributed by atoms with van der Waals surface area (Å²) in [5, 5.41) is 10.4. The summed E-state index contributed by atoms with van der Waals surface area (Å²) in [6, 6.07) is 4.46. The molecule has 100 valence electrons. The van der Waals surface area contributed by atoms with Crippen molar-refractivity contribution in [3.63, 3.8) is 0 Å². The average Bonchev–Trinajstić information content (AvgIpc) is 3.06. The zero-order valence-electron chi connectivity index (χ0n) is 12.4. The van der Waals surface area contributed by atoms with Crippen LogP contribution in [0.3, 0.4) is 0 Å². The van der Waals surface area contributed by atoms with E-state index in [0.29, 0.717) is 11.7 Å². The second kappa shape index (κ2) is 4.60. The first-order chi connectivity index (χ1) is 8.40. The van der Waals surface area contributed by atoms with E-state index in [1.54, 1.807) is 0 Å². The van der Waals surface area contributed by atoms with Gasteiger partial charge >= 0.3 is 0 Å². The van der Waals surface area contributed by atoms with Crippen LogP contribution in [0.5, 0.6) is 5.75 Å². The number of aromatic hydroxyl groups is 1. The summed E-state index contributed by atoms with van der Waals surface area (Å²) in [5.41, 5.74) is 3.89. The Morgan fingerprint density at radius 3 is 2.33 bits per heavy atom. The highest BCUT2D eigenvalue weighted by atomic mass is 16.3. The highest BCUT2D eigenvalue weighted by Gasteiger charge is 2.37. The molecule has 1 aliphatic carbocycles. The van der Waals surface area contributed by atoms with E-state index in [-0.39, 0.29) is 5.41 Å². The van der Waals surface area contributed by atoms with Crippen molar-refractivity contribution < 1.29 is 5.11 Å². The molecule has 0 amide bonds. The summed E-state index contributed by atoms with van der Waals surface area (Å²) in [6.45, 7) is 11.2. The molecular formula is C17H26O. The third kappa shape index (κ3) is 2.28. The number of benzene rings is 1. The Hall–Kier alpha value is -0.980. The minimum absolute atomic E-state index is 0.199. The molecular weight excluding hydrogens is 220 g/mol. The van der Waals surface area contributed by atoms with Crippen LogP contribution in [0.2, 0.25) is 0 Å². The fourth-order valence-corrected chi connectivity index (χ4v) is 2.62. The maximum atomic E-state index is 10.4. The van der Waals surface area contributed by atoms with Crippen LogP contribution in [0, 0.1) is 5.92 Å². The third-order valence-electron chi connectivity index (χ3n) is 4.77. The summed E-state index contributed by atoms with van der Waals surface area (Å²) in [7, 11) is 0. The zero-order valence-corrected chi connectivity index (χ0v) is 12.4. The first kappa shape index (κ1) is 13.5. The minimum atomic E-state index is 0.199. The van der Waals surface area contributed by atoms with Crippen LogP contribution in [-0.2, 0) is 11.8 Å². The maximum Gasteiger partial charge on any atom is 0.122 e. The molecule has 18 heavy (non-hydrogen) atoms. The molecule has 1 saturated carbocycles. The van der Waals surface area contributed by atoms with Crippen LogP contribution in [0.25, 0.3) is 0 Å². The van der Waals surface area contributed by atoms with Crippen molar-refractivity contribution in [2.45, 2.75) is 65.2 Å². The molecule has 0 heterocycles. The molecule has 1 nitrogen and oxygen atoms in total. The van der Waals surface area contributed by atoms with Crippen LogP contribution in [0.15, 0.2) is 12.1 Å². The van der Waals surface area contributed by atoms with Crippen molar-refractivity contribution >= 4 is 0 Å². The van der Waals surface area contributed by atoms with E-state index < -0.39 is 0 Å². The summed E-state index contributed by atoms with van der Waals surface area (Å²) in [5.74, 6) is 1.88. The van der Waals surface area contributed by atoms with Crippen molar-refractivity contribution in [1.82, 2.24) is 0 Å². The van der Waals surface area contributed by atoms with Crippen LogP contribution < -0.4 is 0 Å². The molecule has 0 saturated heterocycles. The van der Waals surface area contributed by atoms with Crippen molar-refractivity contribution in [1.29, 1.82) is 0 Å². The molecule has 2 rings (SSSR count). The highest BCUT2D eigenvalue weighted by molar-refractivity contribution is 5.49. The smallest absolute Gasteiger partial charge is 0.122 e. The molecule has 0 spiro atoms. The van der Waals surface area contributed by atoms with Gasteiger partial charge in [-0.15, -0.1) is 0 Å². The monoisotopic (exact) mass is 246 g/mol. The Balaban J connectivity index is 2.50. The Labute approximate surface area is 111 Å². The molecule has 0 bridgehead atoms. The van der Waals surface area contributed by atoms with Gasteiger partial charge in [-0.25, -0.2) is 0 Å². The largest absolute Gasteiger partial charge is 0.507 e. The number of hydrogen-bond donors (Lipinski definition) is 1. The average molecular weight is 246 g/mol. The lowest BCUT2D eigenvalue weighted by molar-refractivity contribution is 0.456. The lowest BCUT2D eigenvalue weighted by atomic mass is 9.80. The minimum Gasteiger partial charge on any atom is -0.507 e. The second-order valence-electron chi connectivity index (χ2n) is 6.48. The molecule has 1 aromatic carbocycles. The van der Waals surface area contributed by atoms with Crippen molar-refractivity contribution in [2.75, 3.05) is 0 Å².